The van der Waals surface area contributed by atoms with Crippen LogP contribution < -0.4 is 4.74 Å². The summed E-state index contributed by atoms with van der Waals surface area (Å²) in [6.45, 7) is 21.5. The summed E-state index contributed by atoms with van der Waals surface area (Å²) >= 11 is 0. The lowest BCUT2D eigenvalue weighted by molar-refractivity contribution is 0.122. The van der Waals surface area contributed by atoms with E-state index in [0.29, 0.717) is 11.8 Å². The second-order valence-electron chi connectivity index (χ2n) is 7.73. The lowest BCUT2D eigenvalue weighted by Gasteiger charge is -2.34. The Labute approximate surface area is 174 Å². The van der Waals surface area contributed by atoms with Gasteiger partial charge in [-0.2, -0.15) is 0 Å². The van der Waals surface area contributed by atoms with E-state index in [1.54, 1.807) is 0 Å². The molecule has 1 aliphatic rings. The van der Waals surface area contributed by atoms with Crippen molar-refractivity contribution < 1.29 is 4.74 Å². The van der Waals surface area contributed by atoms with Gasteiger partial charge in [-0.3, -0.25) is 0 Å². The summed E-state index contributed by atoms with van der Waals surface area (Å²) in [5, 5.41) is 0. The third-order valence-corrected chi connectivity index (χ3v) is 5.49. The van der Waals surface area contributed by atoms with Gasteiger partial charge >= 0.3 is 0 Å². The summed E-state index contributed by atoms with van der Waals surface area (Å²) in [4.78, 5) is 0. The summed E-state index contributed by atoms with van der Waals surface area (Å²) in [7, 11) is 0. The molecular formula is C27H42O. The molecule has 28 heavy (non-hydrogen) atoms. The van der Waals surface area contributed by atoms with Crippen molar-refractivity contribution in [3.8, 4) is 5.75 Å². The molecule has 1 heterocycles. The Morgan fingerprint density at radius 3 is 2.14 bits per heavy atom. The van der Waals surface area contributed by atoms with Crippen LogP contribution in [0, 0.1) is 19.8 Å². The number of fused-ring (bicyclic) bond motifs is 1. The van der Waals surface area contributed by atoms with Crippen LogP contribution in [0.5, 0.6) is 5.75 Å². The molecule has 1 unspecified atom stereocenters. The first kappa shape index (κ1) is 24.3. The third-order valence-electron chi connectivity index (χ3n) is 5.49. The number of benzene rings is 2. The van der Waals surface area contributed by atoms with Gasteiger partial charge in [0.25, 0.3) is 0 Å². The fraction of sp³-hybridized carbons (Fsp3) is 0.556. The van der Waals surface area contributed by atoms with Gasteiger partial charge in [-0.05, 0) is 72.1 Å². The Morgan fingerprint density at radius 2 is 1.61 bits per heavy atom. The Bertz CT molecular complexity index is 742. The average Bonchev–Trinajstić information content (AvgIpc) is 2.71. The molecular weight excluding hydrogens is 340 g/mol. The zero-order valence-corrected chi connectivity index (χ0v) is 19.9. The van der Waals surface area contributed by atoms with E-state index in [4.69, 9.17) is 4.74 Å². The quantitative estimate of drug-likeness (QED) is 0.518. The zero-order chi connectivity index (χ0) is 21.4. The first-order valence-corrected chi connectivity index (χ1v) is 11.3. The highest BCUT2D eigenvalue weighted by Crippen LogP contribution is 2.42. The fourth-order valence-electron chi connectivity index (χ4n) is 3.79. The fourth-order valence-corrected chi connectivity index (χ4v) is 3.79. The van der Waals surface area contributed by atoms with Crippen molar-refractivity contribution in [3.05, 3.63) is 63.7 Å². The molecule has 3 rings (SSSR count). The molecule has 1 aliphatic heterocycles. The Hall–Kier alpha value is -1.76. The van der Waals surface area contributed by atoms with Crippen molar-refractivity contribution >= 4 is 0 Å². The molecule has 0 aliphatic carbocycles. The smallest absolute Gasteiger partial charge is 0.127 e. The minimum atomic E-state index is 0.156. The lowest BCUT2D eigenvalue weighted by Crippen LogP contribution is -2.25. The van der Waals surface area contributed by atoms with Gasteiger partial charge in [0.1, 0.15) is 11.9 Å². The summed E-state index contributed by atoms with van der Waals surface area (Å²) in [5.74, 6) is 2.14. The molecule has 2 atom stereocenters. The maximum absolute atomic E-state index is 6.56. The summed E-state index contributed by atoms with van der Waals surface area (Å²) in [5.41, 5.74) is 8.27. The third kappa shape index (κ3) is 5.40. The largest absolute Gasteiger partial charge is 0.485 e. The minimum absolute atomic E-state index is 0.156. The van der Waals surface area contributed by atoms with E-state index < -0.39 is 0 Å². The molecule has 0 spiro atoms. The van der Waals surface area contributed by atoms with E-state index in [9.17, 15) is 0 Å². The van der Waals surface area contributed by atoms with Gasteiger partial charge in [-0.25, -0.2) is 0 Å². The van der Waals surface area contributed by atoms with E-state index in [0.717, 1.165) is 18.6 Å². The van der Waals surface area contributed by atoms with Crippen molar-refractivity contribution in [2.45, 2.75) is 94.1 Å². The summed E-state index contributed by atoms with van der Waals surface area (Å²) in [6, 6.07) is 11.4. The second-order valence-corrected chi connectivity index (χ2v) is 7.73. The highest BCUT2D eigenvalue weighted by atomic mass is 16.5. The Balaban J connectivity index is 0.000000921. The number of ether oxygens (including phenoxy) is 1. The van der Waals surface area contributed by atoms with E-state index in [1.165, 1.54) is 33.4 Å². The molecule has 0 bridgehead atoms. The Kier molecular flexibility index (Phi) is 9.79. The molecule has 0 radical (unpaired) electrons. The van der Waals surface area contributed by atoms with E-state index >= 15 is 0 Å². The maximum atomic E-state index is 6.56. The molecule has 1 heteroatoms. The predicted octanol–water partition coefficient (Wildman–Crippen LogP) is 8.35. The second kappa shape index (κ2) is 11.3. The highest BCUT2D eigenvalue weighted by Gasteiger charge is 2.30. The van der Waals surface area contributed by atoms with Crippen LogP contribution in [-0.4, -0.2) is 0 Å². The van der Waals surface area contributed by atoms with Gasteiger partial charge in [0.15, 0.2) is 0 Å². The van der Waals surface area contributed by atoms with Gasteiger partial charge in [0, 0.05) is 5.92 Å². The van der Waals surface area contributed by atoms with Crippen molar-refractivity contribution in [2.75, 3.05) is 0 Å². The van der Waals surface area contributed by atoms with Crippen LogP contribution in [0.25, 0.3) is 0 Å². The average molecular weight is 383 g/mol. The maximum Gasteiger partial charge on any atom is 0.127 e. The highest BCUT2D eigenvalue weighted by molar-refractivity contribution is 5.48. The molecule has 156 valence electrons. The minimum Gasteiger partial charge on any atom is -0.485 e. The molecule has 2 aromatic rings. The zero-order valence-electron chi connectivity index (χ0n) is 19.9. The van der Waals surface area contributed by atoms with Crippen LogP contribution >= 0.6 is 0 Å². The van der Waals surface area contributed by atoms with E-state index in [1.807, 2.05) is 27.7 Å². The molecule has 0 saturated heterocycles. The van der Waals surface area contributed by atoms with E-state index in [-0.39, 0.29) is 6.10 Å². The van der Waals surface area contributed by atoms with Gasteiger partial charge in [-0.15, -0.1) is 0 Å². The monoisotopic (exact) mass is 382 g/mol. The van der Waals surface area contributed by atoms with Gasteiger partial charge in [-0.1, -0.05) is 79.7 Å². The number of aryl methyl sites for hydroxylation is 3. The van der Waals surface area contributed by atoms with Crippen molar-refractivity contribution in [2.24, 2.45) is 5.92 Å². The molecule has 0 saturated carbocycles. The molecule has 1 nitrogen and oxygen atoms in total. The van der Waals surface area contributed by atoms with Crippen molar-refractivity contribution in [3.63, 3.8) is 0 Å². The molecule has 2 aromatic carbocycles. The van der Waals surface area contributed by atoms with Crippen LogP contribution in [0.4, 0.5) is 0 Å². The summed E-state index contributed by atoms with van der Waals surface area (Å²) < 4.78 is 6.56. The first-order valence-electron chi connectivity index (χ1n) is 11.3. The summed E-state index contributed by atoms with van der Waals surface area (Å²) in [6.07, 6.45) is 2.31. The molecule has 0 aromatic heterocycles. The number of hydrogen-bond donors (Lipinski definition) is 0. The van der Waals surface area contributed by atoms with Crippen LogP contribution in [0.3, 0.4) is 0 Å². The van der Waals surface area contributed by atoms with Crippen LogP contribution in [0.2, 0.25) is 0 Å². The molecule has 0 N–H and O–H groups in total. The SMILES string of the molecule is CC.CC.CCc1cc2c(c(C(C)C)c1)CC(C)[C@@H](c1ccc(C)c(C)c1)O2. The van der Waals surface area contributed by atoms with Crippen molar-refractivity contribution in [1.29, 1.82) is 0 Å². The van der Waals surface area contributed by atoms with Crippen LogP contribution in [0.1, 0.15) is 101 Å². The van der Waals surface area contributed by atoms with E-state index in [2.05, 4.69) is 71.9 Å². The molecule has 0 amide bonds. The number of hydrogen-bond acceptors (Lipinski definition) is 1. The standard InChI is InChI=1S/C23H30O.2C2H6/c1-7-18-12-20(14(2)3)21-11-17(6)23(24-22(21)13-18)19-9-8-15(4)16(5)10-19;2*1-2/h8-10,12-14,17,23H,7,11H2,1-6H3;2*1-2H3/t17?,23-;;/m0../s1. The van der Waals surface area contributed by atoms with Crippen molar-refractivity contribution in [1.82, 2.24) is 0 Å². The molecule has 0 fully saturated rings. The van der Waals surface area contributed by atoms with Gasteiger partial charge < -0.3 is 4.74 Å². The predicted molar refractivity (Wildman–Crippen MR) is 125 cm³/mol. The Morgan fingerprint density at radius 1 is 0.964 bits per heavy atom. The lowest BCUT2D eigenvalue weighted by atomic mass is 9.82. The topological polar surface area (TPSA) is 9.23 Å². The first-order chi connectivity index (χ1) is 13.4. The van der Waals surface area contributed by atoms with Gasteiger partial charge in [0.05, 0.1) is 0 Å². The van der Waals surface area contributed by atoms with Crippen LogP contribution in [-0.2, 0) is 12.8 Å². The number of rotatable bonds is 3. The van der Waals surface area contributed by atoms with Gasteiger partial charge in [0.2, 0.25) is 0 Å². The normalized spacial score (nSPS) is 17.5. The van der Waals surface area contributed by atoms with Crippen LogP contribution in [0.15, 0.2) is 30.3 Å².